The van der Waals surface area contributed by atoms with Gasteiger partial charge in [0, 0.05) is 5.92 Å². The third kappa shape index (κ3) is 4.98. The Hall–Kier alpha value is -4.83. The van der Waals surface area contributed by atoms with Gasteiger partial charge in [-0.3, -0.25) is 0 Å². The molecular weight excluding hydrogens is 506 g/mol. The van der Waals surface area contributed by atoms with Gasteiger partial charge in [-0.15, -0.1) is 0 Å². The van der Waals surface area contributed by atoms with E-state index in [1.54, 1.807) is 0 Å². The molecule has 0 radical (unpaired) electrons. The number of alkyl carbamates (subject to hydrolysis) is 1. The molecule has 0 saturated carbocycles. The highest BCUT2D eigenvalue weighted by atomic mass is 16.5. The summed E-state index contributed by atoms with van der Waals surface area (Å²) in [5.74, 6) is 0.797. The fourth-order valence-corrected chi connectivity index (χ4v) is 6.29. The maximum atomic E-state index is 13.5. The van der Waals surface area contributed by atoms with Crippen molar-refractivity contribution in [3.63, 3.8) is 0 Å². The standard InChI is InChI=1S/C37H31NO3/c39-37(41-24-35-32-16-8-6-14-30(32)31-15-7-9-17-33(31)35)38-36-29-13-5-4-12-26(29)18-19-27-20-21-28(22-34(27)36)40-23-25-10-2-1-3-11-25/h1-17,20-22,35-36H,18-19,23-24H2,(H,38,39). The van der Waals surface area contributed by atoms with Crippen molar-refractivity contribution < 1.29 is 14.3 Å². The fraction of sp³-hybridized carbons (Fsp3) is 0.162. The zero-order chi connectivity index (χ0) is 27.6. The van der Waals surface area contributed by atoms with Crippen molar-refractivity contribution in [2.24, 2.45) is 0 Å². The molecule has 0 spiro atoms. The SMILES string of the molecule is O=C(NC1c2ccccc2CCc2ccc(OCc3ccccc3)cc21)OCC1c2ccccc2-c2ccccc21. The van der Waals surface area contributed by atoms with E-state index in [4.69, 9.17) is 9.47 Å². The Labute approximate surface area is 240 Å². The quantitative estimate of drug-likeness (QED) is 0.239. The van der Waals surface area contributed by atoms with Crippen LogP contribution in [-0.2, 0) is 24.2 Å². The number of carbonyl (C=O) groups excluding carboxylic acids is 1. The first-order valence-electron chi connectivity index (χ1n) is 14.2. The molecule has 5 aromatic carbocycles. The van der Waals surface area contributed by atoms with E-state index in [0.717, 1.165) is 35.3 Å². The Balaban J connectivity index is 1.14. The monoisotopic (exact) mass is 537 g/mol. The first-order chi connectivity index (χ1) is 20.2. The molecular formula is C37H31NO3. The molecule has 0 saturated heterocycles. The van der Waals surface area contributed by atoms with Crippen LogP contribution < -0.4 is 10.1 Å². The third-order valence-electron chi connectivity index (χ3n) is 8.31. The van der Waals surface area contributed by atoms with Crippen molar-refractivity contribution in [3.05, 3.63) is 160 Å². The van der Waals surface area contributed by atoms with Crippen LogP contribution in [0.2, 0.25) is 0 Å². The van der Waals surface area contributed by atoms with Gasteiger partial charge in [0.05, 0.1) is 6.04 Å². The largest absolute Gasteiger partial charge is 0.489 e. The Kier molecular flexibility index (Phi) is 6.73. The maximum absolute atomic E-state index is 13.5. The smallest absolute Gasteiger partial charge is 0.407 e. The van der Waals surface area contributed by atoms with Gasteiger partial charge in [-0.05, 0) is 75.0 Å². The molecule has 202 valence electrons. The third-order valence-corrected chi connectivity index (χ3v) is 8.31. The van der Waals surface area contributed by atoms with Crippen LogP contribution in [0.5, 0.6) is 5.75 Å². The van der Waals surface area contributed by atoms with Crippen molar-refractivity contribution >= 4 is 6.09 Å². The molecule has 41 heavy (non-hydrogen) atoms. The summed E-state index contributed by atoms with van der Waals surface area (Å²) < 4.78 is 12.1. The van der Waals surface area contributed by atoms with E-state index in [9.17, 15) is 4.79 Å². The number of nitrogens with one attached hydrogen (secondary N) is 1. The van der Waals surface area contributed by atoms with Crippen LogP contribution in [-0.4, -0.2) is 12.7 Å². The second kappa shape index (κ2) is 11.0. The van der Waals surface area contributed by atoms with Crippen molar-refractivity contribution in [2.45, 2.75) is 31.4 Å². The maximum Gasteiger partial charge on any atom is 0.407 e. The van der Waals surface area contributed by atoms with Crippen molar-refractivity contribution in [1.82, 2.24) is 5.32 Å². The van der Waals surface area contributed by atoms with Gasteiger partial charge in [0.15, 0.2) is 0 Å². The molecule has 4 heteroatoms. The number of hydrogen-bond acceptors (Lipinski definition) is 3. The van der Waals surface area contributed by atoms with Crippen molar-refractivity contribution in [2.75, 3.05) is 6.61 Å². The fourth-order valence-electron chi connectivity index (χ4n) is 6.29. The number of amides is 1. The minimum atomic E-state index is -0.421. The van der Waals surface area contributed by atoms with Crippen LogP contribution in [0.25, 0.3) is 11.1 Å². The average Bonchev–Trinajstić information content (AvgIpc) is 3.26. The van der Waals surface area contributed by atoms with Gasteiger partial charge in [0.1, 0.15) is 19.0 Å². The first kappa shape index (κ1) is 25.2. The van der Waals surface area contributed by atoms with Crippen molar-refractivity contribution in [3.8, 4) is 16.9 Å². The van der Waals surface area contributed by atoms with Gasteiger partial charge < -0.3 is 14.8 Å². The predicted molar refractivity (Wildman–Crippen MR) is 161 cm³/mol. The highest BCUT2D eigenvalue weighted by Crippen LogP contribution is 2.44. The van der Waals surface area contributed by atoms with Crippen LogP contribution in [0, 0.1) is 0 Å². The number of fused-ring (bicyclic) bond motifs is 5. The van der Waals surface area contributed by atoms with Crippen LogP contribution in [0.4, 0.5) is 4.79 Å². The molecule has 0 bridgehead atoms. The number of carbonyl (C=O) groups is 1. The summed E-state index contributed by atoms with van der Waals surface area (Å²) in [4.78, 5) is 13.5. The summed E-state index contributed by atoms with van der Waals surface area (Å²) >= 11 is 0. The normalized spacial score (nSPS) is 15.1. The lowest BCUT2D eigenvalue weighted by Gasteiger charge is -2.23. The molecule has 5 aromatic rings. The molecule has 2 aliphatic rings. The molecule has 1 N–H and O–H groups in total. The molecule has 0 heterocycles. The zero-order valence-corrected chi connectivity index (χ0v) is 22.8. The van der Waals surface area contributed by atoms with Gasteiger partial charge in [-0.1, -0.05) is 109 Å². The Morgan fingerprint density at radius 2 is 1.27 bits per heavy atom. The van der Waals surface area contributed by atoms with Crippen LogP contribution in [0.1, 0.15) is 50.9 Å². The van der Waals surface area contributed by atoms with E-state index in [2.05, 4.69) is 96.3 Å². The number of hydrogen-bond donors (Lipinski definition) is 1. The van der Waals surface area contributed by atoms with E-state index < -0.39 is 6.09 Å². The number of rotatable bonds is 6. The number of ether oxygens (including phenoxy) is 2. The van der Waals surface area contributed by atoms with Gasteiger partial charge in [-0.2, -0.15) is 0 Å². The van der Waals surface area contributed by atoms with Gasteiger partial charge >= 0.3 is 6.09 Å². The molecule has 0 aliphatic heterocycles. The Morgan fingerprint density at radius 1 is 0.659 bits per heavy atom. The van der Waals surface area contributed by atoms with E-state index >= 15 is 0 Å². The molecule has 0 fully saturated rings. The molecule has 1 amide bonds. The molecule has 7 rings (SSSR count). The van der Waals surface area contributed by atoms with E-state index in [1.165, 1.54) is 33.4 Å². The van der Waals surface area contributed by atoms with Crippen molar-refractivity contribution in [1.29, 1.82) is 0 Å². The highest BCUT2D eigenvalue weighted by molar-refractivity contribution is 5.79. The molecule has 1 atom stereocenters. The molecule has 1 unspecified atom stereocenters. The summed E-state index contributed by atoms with van der Waals surface area (Å²) in [6.07, 6.45) is 1.39. The minimum absolute atomic E-state index is 0.0137. The summed E-state index contributed by atoms with van der Waals surface area (Å²) in [6.45, 7) is 0.766. The lowest BCUT2D eigenvalue weighted by molar-refractivity contribution is 0.140. The summed E-state index contributed by atoms with van der Waals surface area (Å²) in [7, 11) is 0. The molecule has 2 aliphatic carbocycles. The lowest BCUT2D eigenvalue weighted by atomic mass is 9.94. The number of benzene rings is 5. The molecule has 0 aromatic heterocycles. The van der Waals surface area contributed by atoms with E-state index in [0.29, 0.717) is 6.61 Å². The Morgan fingerprint density at radius 3 is 2.00 bits per heavy atom. The molecule has 4 nitrogen and oxygen atoms in total. The van der Waals surface area contributed by atoms with Gasteiger partial charge in [0.2, 0.25) is 0 Å². The number of aryl methyl sites for hydroxylation is 2. The zero-order valence-electron chi connectivity index (χ0n) is 22.8. The van der Waals surface area contributed by atoms with E-state index in [1.807, 2.05) is 30.3 Å². The highest BCUT2D eigenvalue weighted by Gasteiger charge is 2.30. The van der Waals surface area contributed by atoms with Crippen LogP contribution >= 0.6 is 0 Å². The van der Waals surface area contributed by atoms with Gasteiger partial charge in [0.25, 0.3) is 0 Å². The van der Waals surface area contributed by atoms with E-state index in [-0.39, 0.29) is 18.6 Å². The Bertz CT molecular complexity index is 1670. The lowest BCUT2D eigenvalue weighted by Crippen LogP contribution is -2.31. The van der Waals surface area contributed by atoms with Crippen LogP contribution in [0.15, 0.2) is 121 Å². The minimum Gasteiger partial charge on any atom is -0.489 e. The second-order valence-corrected chi connectivity index (χ2v) is 10.7. The second-order valence-electron chi connectivity index (χ2n) is 10.7. The summed E-state index contributed by atoms with van der Waals surface area (Å²) in [5, 5.41) is 3.23. The average molecular weight is 538 g/mol. The summed E-state index contributed by atoms with van der Waals surface area (Å²) in [6, 6.07) is 41.2. The first-order valence-corrected chi connectivity index (χ1v) is 14.2. The summed E-state index contributed by atoms with van der Waals surface area (Å²) in [5.41, 5.74) is 10.5. The predicted octanol–water partition coefficient (Wildman–Crippen LogP) is 7.99. The van der Waals surface area contributed by atoms with Gasteiger partial charge in [-0.25, -0.2) is 4.79 Å². The van der Waals surface area contributed by atoms with Crippen LogP contribution in [0.3, 0.4) is 0 Å². The topological polar surface area (TPSA) is 47.6 Å².